The van der Waals surface area contributed by atoms with Gasteiger partial charge in [-0.3, -0.25) is 4.79 Å². The Morgan fingerprint density at radius 2 is 1.96 bits per heavy atom. The molecule has 0 radical (unpaired) electrons. The van der Waals surface area contributed by atoms with Crippen LogP contribution in [0.2, 0.25) is 0 Å². The molecule has 0 saturated carbocycles. The third-order valence-corrected chi connectivity index (χ3v) is 4.15. The van der Waals surface area contributed by atoms with E-state index in [1.165, 1.54) is 12.1 Å². The number of rotatable bonds is 7. The Labute approximate surface area is 154 Å². The smallest absolute Gasteiger partial charge is 0.279 e. The number of anilines is 1. The topological polar surface area (TPSA) is 52.0 Å². The van der Waals surface area contributed by atoms with Crippen molar-refractivity contribution in [3.63, 3.8) is 0 Å². The first-order chi connectivity index (χ1) is 11.9. The van der Waals surface area contributed by atoms with E-state index in [0.29, 0.717) is 22.5 Å². The Bertz CT molecular complexity index is 755. The third kappa shape index (κ3) is 5.44. The number of methoxy groups -OCH3 is 2. The molecular formula is C18H21BrFN2O3+. The molecule has 0 aliphatic heterocycles. The molecule has 1 atom stereocenters. The molecule has 5 nitrogen and oxygen atoms in total. The van der Waals surface area contributed by atoms with Crippen LogP contribution in [0.1, 0.15) is 5.56 Å². The van der Waals surface area contributed by atoms with Gasteiger partial charge in [-0.15, -0.1) is 0 Å². The highest BCUT2D eigenvalue weighted by atomic mass is 79.9. The van der Waals surface area contributed by atoms with Crippen LogP contribution in [-0.4, -0.2) is 33.7 Å². The van der Waals surface area contributed by atoms with Gasteiger partial charge in [0.25, 0.3) is 5.91 Å². The number of carbonyl (C=O) groups excluding carboxylic acids is 1. The molecule has 134 valence electrons. The van der Waals surface area contributed by atoms with Gasteiger partial charge in [0, 0.05) is 16.1 Å². The van der Waals surface area contributed by atoms with Crippen LogP contribution in [0.25, 0.3) is 0 Å². The summed E-state index contributed by atoms with van der Waals surface area (Å²) in [6.45, 7) is 0.786. The molecule has 0 saturated heterocycles. The van der Waals surface area contributed by atoms with E-state index in [1.807, 2.05) is 19.2 Å². The Morgan fingerprint density at radius 3 is 2.60 bits per heavy atom. The van der Waals surface area contributed by atoms with Crippen LogP contribution in [0, 0.1) is 5.82 Å². The van der Waals surface area contributed by atoms with Crippen LogP contribution in [0.3, 0.4) is 0 Å². The average Bonchev–Trinajstić information content (AvgIpc) is 2.57. The SMILES string of the molecule is COc1ccc(C[NH+](C)CC(=O)Nc2ccc(Br)cc2F)c(OC)c1. The summed E-state index contributed by atoms with van der Waals surface area (Å²) in [4.78, 5) is 13.1. The molecule has 0 aromatic heterocycles. The van der Waals surface area contributed by atoms with Crippen LogP contribution >= 0.6 is 15.9 Å². The second kappa shape index (κ2) is 8.82. The minimum atomic E-state index is -0.475. The second-order valence-electron chi connectivity index (χ2n) is 5.66. The first kappa shape index (κ1) is 19.2. The van der Waals surface area contributed by atoms with Gasteiger partial charge >= 0.3 is 0 Å². The summed E-state index contributed by atoms with van der Waals surface area (Å²) in [5.41, 5.74) is 1.13. The van der Waals surface area contributed by atoms with E-state index < -0.39 is 5.82 Å². The van der Waals surface area contributed by atoms with Crippen molar-refractivity contribution in [3.8, 4) is 11.5 Å². The largest absolute Gasteiger partial charge is 0.497 e. The lowest BCUT2D eigenvalue weighted by Gasteiger charge is -2.16. The molecule has 0 heterocycles. The molecule has 0 aliphatic rings. The number of nitrogens with one attached hydrogen (secondary N) is 2. The van der Waals surface area contributed by atoms with Crippen LogP contribution in [0.5, 0.6) is 11.5 Å². The molecule has 2 rings (SSSR count). The minimum Gasteiger partial charge on any atom is -0.497 e. The summed E-state index contributed by atoms with van der Waals surface area (Å²) < 4.78 is 25.0. The third-order valence-electron chi connectivity index (χ3n) is 3.65. The number of halogens is 2. The quantitative estimate of drug-likeness (QED) is 0.734. The zero-order valence-corrected chi connectivity index (χ0v) is 15.9. The van der Waals surface area contributed by atoms with E-state index in [-0.39, 0.29) is 18.1 Å². The maximum atomic E-state index is 13.8. The molecular weight excluding hydrogens is 391 g/mol. The van der Waals surface area contributed by atoms with Crippen molar-refractivity contribution in [3.05, 3.63) is 52.3 Å². The van der Waals surface area contributed by atoms with Crippen molar-refractivity contribution < 1.29 is 23.6 Å². The van der Waals surface area contributed by atoms with Gasteiger partial charge in [-0.25, -0.2) is 4.39 Å². The fraction of sp³-hybridized carbons (Fsp3) is 0.278. The van der Waals surface area contributed by atoms with E-state index in [1.54, 1.807) is 26.4 Å². The van der Waals surface area contributed by atoms with Gasteiger partial charge in [0.05, 0.1) is 27.0 Å². The normalized spacial score (nSPS) is 11.7. The lowest BCUT2D eigenvalue weighted by Crippen LogP contribution is -3.08. The molecule has 0 spiro atoms. The van der Waals surface area contributed by atoms with Gasteiger partial charge in [-0.2, -0.15) is 0 Å². The summed E-state index contributed by atoms with van der Waals surface area (Å²) in [6, 6.07) is 10.1. The van der Waals surface area contributed by atoms with Gasteiger partial charge in [-0.1, -0.05) is 15.9 Å². The fourth-order valence-corrected chi connectivity index (χ4v) is 2.78. The molecule has 0 bridgehead atoms. The summed E-state index contributed by atoms with van der Waals surface area (Å²) >= 11 is 3.19. The summed E-state index contributed by atoms with van der Waals surface area (Å²) in [7, 11) is 5.08. The lowest BCUT2D eigenvalue weighted by atomic mass is 10.2. The molecule has 2 N–H and O–H groups in total. The van der Waals surface area contributed by atoms with Gasteiger partial charge in [0.2, 0.25) is 0 Å². The maximum absolute atomic E-state index is 13.8. The zero-order valence-electron chi connectivity index (χ0n) is 14.4. The molecule has 7 heteroatoms. The Hall–Kier alpha value is -2.12. The molecule has 2 aromatic carbocycles. The highest BCUT2D eigenvalue weighted by molar-refractivity contribution is 9.10. The number of quaternary nitrogens is 1. The highest BCUT2D eigenvalue weighted by Gasteiger charge is 2.15. The van der Waals surface area contributed by atoms with E-state index in [9.17, 15) is 9.18 Å². The number of benzene rings is 2. The predicted octanol–water partition coefficient (Wildman–Crippen LogP) is 2.26. The number of amides is 1. The number of hydrogen-bond donors (Lipinski definition) is 2. The van der Waals surface area contributed by atoms with E-state index in [0.717, 1.165) is 10.5 Å². The first-order valence-electron chi connectivity index (χ1n) is 7.70. The number of hydrogen-bond acceptors (Lipinski definition) is 3. The van der Waals surface area contributed by atoms with Crippen molar-refractivity contribution in [2.75, 3.05) is 33.1 Å². The second-order valence-corrected chi connectivity index (χ2v) is 6.58. The minimum absolute atomic E-state index is 0.169. The lowest BCUT2D eigenvalue weighted by molar-refractivity contribution is -0.885. The first-order valence-corrected chi connectivity index (χ1v) is 8.49. The summed E-state index contributed by atoms with van der Waals surface area (Å²) in [5.74, 6) is 0.683. The Morgan fingerprint density at radius 1 is 1.20 bits per heavy atom. The van der Waals surface area contributed by atoms with Crippen molar-refractivity contribution in [2.24, 2.45) is 0 Å². The zero-order chi connectivity index (χ0) is 18.4. The fourth-order valence-electron chi connectivity index (χ4n) is 2.44. The maximum Gasteiger partial charge on any atom is 0.279 e. The van der Waals surface area contributed by atoms with Crippen molar-refractivity contribution in [2.45, 2.75) is 6.54 Å². The van der Waals surface area contributed by atoms with Crippen LogP contribution in [-0.2, 0) is 11.3 Å². The van der Waals surface area contributed by atoms with Crippen molar-refractivity contribution >= 4 is 27.5 Å². The molecule has 1 unspecified atom stereocenters. The van der Waals surface area contributed by atoms with Crippen molar-refractivity contribution in [1.82, 2.24) is 0 Å². The average molecular weight is 412 g/mol. The highest BCUT2D eigenvalue weighted by Crippen LogP contribution is 2.23. The van der Waals surface area contributed by atoms with Gasteiger partial charge in [0.1, 0.15) is 23.9 Å². The number of carbonyl (C=O) groups is 1. The molecule has 25 heavy (non-hydrogen) atoms. The molecule has 1 amide bonds. The van der Waals surface area contributed by atoms with Crippen LogP contribution < -0.4 is 19.7 Å². The summed E-state index contributed by atoms with van der Waals surface area (Å²) in [6.07, 6.45) is 0. The van der Waals surface area contributed by atoms with E-state index >= 15 is 0 Å². The number of likely N-dealkylation sites (N-methyl/N-ethyl adjacent to an activating group) is 1. The molecule has 0 fully saturated rings. The summed E-state index contributed by atoms with van der Waals surface area (Å²) in [5, 5.41) is 2.59. The monoisotopic (exact) mass is 411 g/mol. The molecule has 2 aromatic rings. The van der Waals surface area contributed by atoms with Crippen LogP contribution in [0.4, 0.5) is 10.1 Å². The van der Waals surface area contributed by atoms with Crippen LogP contribution in [0.15, 0.2) is 40.9 Å². The van der Waals surface area contributed by atoms with Gasteiger partial charge in [0.15, 0.2) is 6.54 Å². The van der Waals surface area contributed by atoms with Gasteiger partial charge in [-0.05, 0) is 30.3 Å². The van der Waals surface area contributed by atoms with Gasteiger partial charge < -0.3 is 19.7 Å². The van der Waals surface area contributed by atoms with E-state index in [4.69, 9.17) is 9.47 Å². The Kier molecular flexibility index (Phi) is 6.78. The standard InChI is InChI=1S/C18H20BrFN2O3/c1-22(10-12-4-6-14(24-2)9-17(12)25-3)11-18(23)21-16-7-5-13(19)8-15(16)20/h4-9H,10-11H2,1-3H3,(H,21,23)/p+1. The van der Waals surface area contributed by atoms with E-state index in [2.05, 4.69) is 21.2 Å². The Balaban J connectivity index is 1.97. The number of ether oxygens (including phenoxy) is 2. The predicted molar refractivity (Wildman–Crippen MR) is 97.7 cm³/mol. The molecule has 0 aliphatic carbocycles. The van der Waals surface area contributed by atoms with Crippen molar-refractivity contribution in [1.29, 1.82) is 0 Å².